The second-order valence-electron chi connectivity index (χ2n) is 4.95. The molecule has 1 fully saturated rings. The number of halogens is 1. The van der Waals surface area contributed by atoms with Crippen molar-refractivity contribution < 1.29 is 14.3 Å². The molecule has 0 spiro atoms. The van der Waals surface area contributed by atoms with E-state index in [2.05, 4.69) is 4.99 Å². The molecule has 1 aromatic rings. The first-order valence-corrected chi connectivity index (χ1v) is 6.76. The van der Waals surface area contributed by atoms with Crippen molar-refractivity contribution >= 4 is 17.7 Å². The minimum absolute atomic E-state index is 0.248. The zero-order valence-electron chi connectivity index (χ0n) is 10.4. The molecule has 0 saturated heterocycles. The van der Waals surface area contributed by atoms with Gasteiger partial charge in [0, 0.05) is 16.1 Å². The van der Waals surface area contributed by atoms with E-state index in [9.17, 15) is 4.79 Å². The predicted octanol–water partition coefficient (Wildman–Crippen LogP) is 3.31. The Balaban J connectivity index is 2.20. The summed E-state index contributed by atoms with van der Waals surface area (Å²) in [5, 5.41) is 0.619. The third kappa shape index (κ3) is 2.06. The zero-order chi connectivity index (χ0) is 13.3. The van der Waals surface area contributed by atoms with Gasteiger partial charge in [0.05, 0.1) is 6.61 Å². The number of isocyanates is 1. The van der Waals surface area contributed by atoms with Gasteiger partial charge in [-0.1, -0.05) is 24.4 Å². The van der Waals surface area contributed by atoms with Crippen molar-refractivity contribution in [2.45, 2.75) is 37.8 Å². The largest absolute Gasteiger partial charge is 0.467 e. The molecule has 0 radical (unpaired) electrons. The van der Waals surface area contributed by atoms with Gasteiger partial charge in [-0.15, -0.1) is 0 Å². The highest BCUT2D eigenvalue weighted by Gasteiger charge is 2.40. The Morgan fingerprint density at radius 2 is 2.11 bits per heavy atom. The normalized spacial score (nSPS) is 20.3. The number of ether oxygens (including phenoxy) is 2. The number of hydrogen-bond donors (Lipinski definition) is 0. The lowest BCUT2D eigenvalue weighted by Crippen LogP contribution is -2.24. The molecule has 3 rings (SSSR count). The highest BCUT2D eigenvalue weighted by molar-refractivity contribution is 6.31. The van der Waals surface area contributed by atoms with Crippen LogP contribution in [0.5, 0.6) is 5.75 Å². The minimum Gasteiger partial charge on any atom is -0.467 e. The summed E-state index contributed by atoms with van der Waals surface area (Å²) in [6, 6.07) is 3.65. The number of aliphatic imine (C=N–C) groups is 1. The van der Waals surface area contributed by atoms with E-state index in [0.717, 1.165) is 42.6 Å². The van der Waals surface area contributed by atoms with Crippen LogP contribution in [0.4, 0.5) is 0 Å². The van der Waals surface area contributed by atoms with E-state index in [1.165, 1.54) is 0 Å². The first kappa shape index (κ1) is 12.7. The average molecular weight is 280 g/mol. The Kier molecular flexibility index (Phi) is 3.31. The highest BCUT2D eigenvalue weighted by atomic mass is 35.5. The molecular formula is C14H14ClNO3. The Morgan fingerprint density at radius 1 is 1.32 bits per heavy atom. The monoisotopic (exact) mass is 279 g/mol. The van der Waals surface area contributed by atoms with Gasteiger partial charge in [0.2, 0.25) is 6.08 Å². The molecular weight excluding hydrogens is 266 g/mol. The fourth-order valence-electron chi connectivity index (χ4n) is 3.10. The summed E-state index contributed by atoms with van der Waals surface area (Å²) in [6.07, 6.45) is 5.42. The lowest BCUT2D eigenvalue weighted by Gasteiger charge is -2.30. The van der Waals surface area contributed by atoms with Crippen molar-refractivity contribution in [2.24, 2.45) is 4.99 Å². The van der Waals surface area contributed by atoms with Gasteiger partial charge in [0.1, 0.15) is 11.3 Å². The number of carbonyl (C=O) groups excluding carboxylic acids is 1. The third-order valence-corrected chi connectivity index (χ3v) is 4.23. The topological polar surface area (TPSA) is 47.9 Å². The van der Waals surface area contributed by atoms with Crippen molar-refractivity contribution in [3.05, 3.63) is 28.3 Å². The summed E-state index contributed by atoms with van der Waals surface area (Å²) in [5.41, 5.74) is 1.25. The Hall–Kier alpha value is -1.35. The van der Waals surface area contributed by atoms with Gasteiger partial charge in [0.15, 0.2) is 6.79 Å². The summed E-state index contributed by atoms with van der Waals surface area (Å²) in [5.74, 6) is 0.776. The van der Waals surface area contributed by atoms with Crippen LogP contribution in [0.1, 0.15) is 36.8 Å². The maximum Gasteiger partial charge on any atom is 0.235 e. The Labute approximate surface area is 116 Å². The molecule has 1 aliphatic carbocycles. The molecule has 0 N–H and O–H groups in total. The van der Waals surface area contributed by atoms with Gasteiger partial charge in [-0.2, -0.15) is 4.99 Å². The molecule has 0 bridgehead atoms. The van der Waals surface area contributed by atoms with Crippen LogP contribution in [0.25, 0.3) is 0 Å². The summed E-state index contributed by atoms with van der Waals surface area (Å²) < 4.78 is 10.8. The first-order chi connectivity index (χ1) is 9.27. The van der Waals surface area contributed by atoms with E-state index in [1.807, 2.05) is 6.07 Å². The van der Waals surface area contributed by atoms with E-state index < -0.39 is 5.54 Å². The van der Waals surface area contributed by atoms with Crippen LogP contribution in [0.3, 0.4) is 0 Å². The number of nitrogens with zero attached hydrogens (tertiary/aromatic N) is 1. The lowest BCUT2D eigenvalue weighted by atomic mass is 9.85. The Morgan fingerprint density at radius 3 is 2.84 bits per heavy atom. The van der Waals surface area contributed by atoms with Crippen LogP contribution in [0, 0.1) is 0 Å². The van der Waals surface area contributed by atoms with E-state index in [0.29, 0.717) is 11.6 Å². The minimum atomic E-state index is -0.547. The van der Waals surface area contributed by atoms with E-state index >= 15 is 0 Å². The third-order valence-electron chi connectivity index (χ3n) is 3.92. The fraction of sp³-hybridized carbons (Fsp3) is 0.500. The summed E-state index contributed by atoms with van der Waals surface area (Å²) in [7, 11) is 0. The molecule has 4 nitrogen and oxygen atoms in total. The van der Waals surface area contributed by atoms with Crippen molar-refractivity contribution in [3.63, 3.8) is 0 Å². The molecule has 1 aromatic carbocycles. The highest BCUT2D eigenvalue weighted by Crippen LogP contribution is 2.48. The van der Waals surface area contributed by atoms with Gasteiger partial charge in [0.25, 0.3) is 0 Å². The number of fused-ring (bicyclic) bond motifs is 1. The number of benzene rings is 1. The van der Waals surface area contributed by atoms with Crippen LogP contribution in [-0.4, -0.2) is 12.9 Å². The van der Waals surface area contributed by atoms with Crippen molar-refractivity contribution in [1.29, 1.82) is 0 Å². The maximum atomic E-state index is 10.8. The van der Waals surface area contributed by atoms with E-state index in [-0.39, 0.29) is 6.79 Å². The maximum absolute atomic E-state index is 10.8. The van der Waals surface area contributed by atoms with Crippen molar-refractivity contribution in [3.8, 4) is 5.75 Å². The zero-order valence-corrected chi connectivity index (χ0v) is 11.2. The van der Waals surface area contributed by atoms with Crippen molar-refractivity contribution in [1.82, 2.24) is 0 Å². The second kappa shape index (κ2) is 4.97. The lowest BCUT2D eigenvalue weighted by molar-refractivity contribution is -0.0173. The molecule has 5 heteroatoms. The summed E-state index contributed by atoms with van der Waals surface area (Å²) in [4.78, 5) is 14.9. The van der Waals surface area contributed by atoms with Crippen molar-refractivity contribution in [2.75, 3.05) is 6.79 Å². The molecule has 2 aliphatic rings. The number of hydrogen-bond acceptors (Lipinski definition) is 4. The van der Waals surface area contributed by atoms with Crippen LogP contribution in [0.2, 0.25) is 5.02 Å². The van der Waals surface area contributed by atoms with E-state index in [1.54, 1.807) is 12.1 Å². The Bertz CT molecular complexity index is 546. The molecule has 1 heterocycles. The molecule has 1 aliphatic heterocycles. The quantitative estimate of drug-likeness (QED) is 0.616. The smallest absolute Gasteiger partial charge is 0.235 e. The molecule has 1 saturated carbocycles. The molecule has 19 heavy (non-hydrogen) atoms. The average Bonchev–Trinajstić information content (AvgIpc) is 2.88. The van der Waals surface area contributed by atoms with Gasteiger partial charge in [-0.25, -0.2) is 4.79 Å². The van der Waals surface area contributed by atoms with Gasteiger partial charge < -0.3 is 9.47 Å². The second-order valence-corrected chi connectivity index (χ2v) is 5.36. The summed E-state index contributed by atoms with van der Waals surface area (Å²) in [6.45, 7) is 0.694. The van der Waals surface area contributed by atoms with Crippen LogP contribution in [-0.2, 0) is 21.7 Å². The van der Waals surface area contributed by atoms with E-state index in [4.69, 9.17) is 21.1 Å². The molecule has 0 unspecified atom stereocenters. The molecule has 0 amide bonds. The standard InChI is InChI=1S/C14H14ClNO3/c15-11-3-4-12-10(7-18-9-19-12)13(11)14(16-8-17)5-1-2-6-14/h3-4H,1-2,5-7,9H2. The molecule has 0 atom stereocenters. The fourth-order valence-corrected chi connectivity index (χ4v) is 3.45. The number of rotatable bonds is 2. The predicted molar refractivity (Wildman–Crippen MR) is 70.0 cm³/mol. The van der Waals surface area contributed by atoms with Crippen LogP contribution in [0.15, 0.2) is 17.1 Å². The molecule has 0 aromatic heterocycles. The first-order valence-electron chi connectivity index (χ1n) is 6.38. The SMILES string of the molecule is O=C=NC1(c2c(Cl)ccc3c2COCO3)CCCC1. The van der Waals surface area contributed by atoms with Crippen LogP contribution < -0.4 is 4.74 Å². The van der Waals surface area contributed by atoms with Gasteiger partial charge in [-0.05, 0) is 25.0 Å². The molecule has 100 valence electrons. The van der Waals surface area contributed by atoms with Gasteiger partial charge in [-0.3, -0.25) is 0 Å². The van der Waals surface area contributed by atoms with Crippen LogP contribution >= 0.6 is 11.6 Å². The van der Waals surface area contributed by atoms with Gasteiger partial charge >= 0.3 is 0 Å². The summed E-state index contributed by atoms with van der Waals surface area (Å²) >= 11 is 6.37.